The Hall–Kier alpha value is -1.88. The predicted molar refractivity (Wildman–Crippen MR) is 85.7 cm³/mol. The van der Waals surface area contributed by atoms with Crippen molar-refractivity contribution in [2.75, 3.05) is 12.3 Å². The highest BCUT2D eigenvalue weighted by molar-refractivity contribution is 8.14. The highest BCUT2D eigenvalue weighted by atomic mass is 32.2. The Morgan fingerprint density at radius 3 is 2.74 bits per heavy atom. The third-order valence-corrected chi connectivity index (χ3v) is 4.46. The number of hydrogen-bond acceptors (Lipinski definition) is 4. The summed E-state index contributed by atoms with van der Waals surface area (Å²) in [6.07, 6.45) is -3.90. The van der Waals surface area contributed by atoms with E-state index in [0.717, 1.165) is 17.9 Å². The van der Waals surface area contributed by atoms with Gasteiger partial charge >= 0.3 is 6.18 Å². The standard InChI is InChI=1S/C15H15F3N4S/c1-4-23-13(14(2)7-8-20-22-14)21-10-5-6-12(19-3)11(9-10)15(16,17)18/h5-6,9H,4,7-8H2,1-2H3. The molecule has 0 saturated heterocycles. The molecule has 0 bridgehead atoms. The molecule has 8 heteroatoms. The van der Waals surface area contributed by atoms with Crippen LogP contribution in [0, 0.1) is 6.57 Å². The summed E-state index contributed by atoms with van der Waals surface area (Å²) in [6.45, 7) is 11.3. The highest BCUT2D eigenvalue weighted by Gasteiger charge is 2.35. The molecule has 1 aliphatic heterocycles. The summed E-state index contributed by atoms with van der Waals surface area (Å²) >= 11 is 1.45. The third kappa shape index (κ3) is 3.91. The molecular formula is C15H15F3N4S. The first kappa shape index (κ1) is 17.5. The summed E-state index contributed by atoms with van der Waals surface area (Å²) in [6, 6.07) is 3.49. The Morgan fingerprint density at radius 1 is 1.48 bits per heavy atom. The molecule has 0 aromatic heterocycles. The first-order valence-electron chi connectivity index (χ1n) is 6.99. The van der Waals surface area contributed by atoms with Crippen LogP contribution < -0.4 is 0 Å². The summed E-state index contributed by atoms with van der Waals surface area (Å²) in [5, 5.41) is 8.81. The van der Waals surface area contributed by atoms with Crippen molar-refractivity contribution in [2.24, 2.45) is 15.2 Å². The largest absolute Gasteiger partial charge is 0.407 e. The van der Waals surface area contributed by atoms with E-state index in [9.17, 15) is 13.2 Å². The van der Waals surface area contributed by atoms with Gasteiger partial charge in [-0.1, -0.05) is 13.0 Å². The Kier molecular flexibility index (Phi) is 5.09. The minimum absolute atomic E-state index is 0.170. The minimum Gasteiger partial charge on any atom is -0.244 e. The van der Waals surface area contributed by atoms with Gasteiger partial charge in [0, 0.05) is 6.42 Å². The zero-order valence-corrected chi connectivity index (χ0v) is 13.5. The molecule has 0 spiro atoms. The maximum atomic E-state index is 13.0. The van der Waals surface area contributed by atoms with Crippen LogP contribution in [-0.2, 0) is 6.18 Å². The molecule has 0 N–H and O–H groups in total. The molecule has 0 amide bonds. The fourth-order valence-corrected chi connectivity index (χ4v) is 3.05. The van der Waals surface area contributed by atoms with Crippen LogP contribution in [0.1, 0.15) is 25.8 Å². The normalized spacial score (nSPS) is 21.5. The van der Waals surface area contributed by atoms with E-state index in [1.54, 1.807) is 0 Å². The van der Waals surface area contributed by atoms with Crippen LogP contribution in [0.2, 0.25) is 0 Å². The molecule has 1 aliphatic rings. The highest BCUT2D eigenvalue weighted by Crippen LogP contribution is 2.39. The molecule has 1 unspecified atom stereocenters. The minimum atomic E-state index is -4.58. The van der Waals surface area contributed by atoms with E-state index >= 15 is 0 Å². The summed E-state index contributed by atoms with van der Waals surface area (Å²) in [4.78, 5) is 7.30. The van der Waals surface area contributed by atoms with Crippen LogP contribution in [0.25, 0.3) is 4.85 Å². The van der Waals surface area contributed by atoms with Gasteiger partial charge in [0.2, 0.25) is 0 Å². The lowest BCUT2D eigenvalue weighted by Crippen LogP contribution is -2.29. The molecule has 23 heavy (non-hydrogen) atoms. The van der Waals surface area contributed by atoms with E-state index in [0.29, 0.717) is 18.0 Å². The maximum Gasteiger partial charge on any atom is 0.407 e. The Labute approximate surface area is 136 Å². The van der Waals surface area contributed by atoms with Gasteiger partial charge in [0.05, 0.1) is 24.4 Å². The van der Waals surface area contributed by atoms with Gasteiger partial charge in [-0.3, -0.25) is 0 Å². The van der Waals surface area contributed by atoms with Crippen LogP contribution in [0.5, 0.6) is 0 Å². The van der Waals surface area contributed by atoms with E-state index in [-0.39, 0.29) is 5.69 Å². The SMILES string of the molecule is [C-]#[N+]c1ccc(N=C(SCC)C2(C)CCN=N2)cc1C(F)(F)F. The summed E-state index contributed by atoms with van der Waals surface area (Å²) in [5.41, 5.74) is -1.80. The predicted octanol–water partition coefficient (Wildman–Crippen LogP) is 5.65. The van der Waals surface area contributed by atoms with Gasteiger partial charge < -0.3 is 0 Å². The number of thioether (sulfide) groups is 1. The summed E-state index contributed by atoms with van der Waals surface area (Å²) in [5.74, 6) is 0.732. The number of rotatable bonds is 3. The lowest BCUT2D eigenvalue weighted by Gasteiger charge is -2.20. The smallest absolute Gasteiger partial charge is 0.244 e. The average molecular weight is 340 g/mol. The second-order valence-corrected chi connectivity index (χ2v) is 6.40. The van der Waals surface area contributed by atoms with Crippen LogP contribution in [0.3, 0.4) is 0 Å². The van der Waals surface area contributed by atoms with Gasteiger partial charge in [-0.25, -0.2) is 9.84 Å². The van der Waals surface area contributed by atoms with Crippen LogP contribution in [0.4, 0.5) is 24.5 Å². The van der Waals surface area contributed by atoms with E-state index in [1.165, 1.54) is 17.8 Å². The quantitative estimate of drug-likeness (QED) is 0.398. The number of halogens is 3. The molecule has 0 fully saturated rings. The number of benzene rings is 1. The van der Waals surface area contributed by atoms with Crippen molar-refractivity contribution in [1.82, 2.24) is 0 Å². The molecular weight excluding hydrogens is 325 g/mol. The van der Waals surface area contributed by atoms with Gasteiger partial charge in [-0.2, -0.15) is 23.4 Å². The Balaban J connectivity index is 2.48. The number of azo groups is 1. The van der Waals surface area contributed by atoms with Crippen molar-refractivity contribution in [1.29, 1.82) is 0 Å². The molecule has 2 rings (SSSR count). The second-order valence-electron chi connectivity index (χ2n) is 5.15. The van der Waals surface area contributed by atoms with Gasteiger partial charge in [0.25, 0.3) is 0 Å². The first-order chi connectivity index (χ1) is 10.8. The monoisotopic (exact) mass is 340 g/mol. The lowest BCUT2D eigenvalue weighted by molar-refractivity contribution is -0.136. The second kappa shape index (κ2) is 6.71. The fourth-order valence-electron chi connectivity index (χ4n) is 2.15. The number of aliphatic imine (C=N–C) groups is 1. The van der Waals surface area contributed by atoms with Crippen molar-refractivity contribution in [2.45, 2.75) is 32.0 Å². The molecule has 0 aliphatic carbocycles. The molecule has 1 atom stereocenters. The Bertz CT molecular complexity index is 691. The zero-order chi connectivity index (χ0) is 17.1. The average Bonchev–Trinajstić information content (AvgIpc) is 2.94. The van der Waals surface area contributed by atoms with Crippen molar-refractivity contribution >= 4 is 28.2 Å². The van der Waals surface area contributed by atoms with Crippen molar-refractivity contribution in [3.05, 3.63) is 35.2 Å². The summed E-state index contributed by atoms with van der Waals surface area (Å²) < 4.78 is 39.1. The van der Waals surface area contributed by atoms with Gasteiger partial charge in [0.15, 0.2) is 5.69 Å². The number of alkyl halides is 3. The molecule has 4 nitrogen and oxygen atoms in total. The van der Waals surface area contributed by atoms with Gasteiger partial charge in [-0.05, 0) is 24.8 Å². The Morgan fingerprint density at radius 2 is 2.22 bits per heavy atom. The van der Waals surface area contributed by atoms with Crippen LogP contribution >= 0.6 is 11.8 Å². The first-order valence-corrected chi connectivity index (χ1v) is 7.98. The van der Waals surface area contributed by atoms with Gasteiger partial charge in [0.1, 0.15) is 10.6 Å². The van der Waals surface area contributed by atoms with Gasteiger partial charge in [-0.15, -0.1) is 11.8 Å². The topological polar surface area (TPSA) is 41.4 Å². The van der Waals surface area contributed by atoms with E-state index in [4.69, 9.17) is 6.57 Å². The maximum absolute atomic E-state index is 13.0. The molecule has 1 aromatic rings. The molecule has 0 saturated carbocycles. The molecule has 1 aromatic carbocycles. The van der Waals surface area contributed by atoms with Crippen LogP contribution in [0.15, 0.2) is 33.4 Å². The van der Waals surface area contributed by atoms with Crippen LogP contribution in [-0.4, -0.2) is 22.9 Å². The number of nitrogens with zero attached hydrogens (tertiary/aromatic N) is 4. The lowest BCUT2D eigenvalue weighted by atomic mass is 10.0. The summed E-state index contributed by atoms with van der Waals surface area (Å²) in [7, 11) is 0. The zero-order valence-electron chi connectivity index (χ0n) is 12.7. The molecule has 0 radical (unpaired) electrons. The molecule has 1 heterocycles. The third-order valence-electron chi connectivity index (χ3n) is 3.37. The van der Waals surface area contributed by atoms with E-state index in [2.05, 4.69) is 20.1 Å². The number of hydrogen-bond donors (Lipinski definition) is 0. The molecule has 122 valence electrons. The van der Waals surface area contributed by atoms with E-state index in [1.807, 2.05) is 13.8 Å². The van der Waals surface area contributed by atoms with Crippen molar-refractivity contribution in [3.63, 3.8) is 0 Å². The van der Waals surface area contributed by atoms with E-state index < -0.39 is 23.0 Å². The fraction of sp³-hybridized carbons (Fsp3) is 0.467. The van der Waals surface area contributed by atoms with Crippen molar-refractivity contribution < 1.29 is 13.2 Å². The van der Waals surface area contributed by atoms with Crippen molar-refractivity contribution in [3.8, 4) is 0 Å².